The summed E-state index contributed by atoms with van der Waals surface area (Å²) in [5, 5.41) is 11.9. The molecule has 2 aliphatic heterocycles. The number of hydrogen-bond donors (Lipinski definition) is 4. The van der Waals surface area contributed by atoms with Crippen LogP contribution in [0.5, 0.6) is 0 Å². The van der Waals surface area contributed by atoms with Crippen LogP contribution in [0.25, 0.3) is 33.6 Å². The average Bonchev–Trinajstić information content (AvgIpc) is 4.16. The lowest BCUT2D eigenvalue weighted by molar-refractivity contribution is -0.134. The van der Waals surface area contributed by atoms with E-state index in [1.807, 2.05) is 47.5 Å². The Morgan fingerprint density at radius 1 is 0.590 bits per heavy atom. The van der Waals surface area contributed by atoms with Gasteiger partial charge in [-0.2, -0.15) is 0 Å². The van der Waals surface area contributed by atoms with Crippen molar-refractivity contribution in [3.8, 4) is 33.6 Å². The van der Waals surface area contributed by atoms with Crippen molar-refractivity contribution in [2.75, 3.05) is 13.1 Å². The Balaban J connectivity index is 0.851. The number of rotatable bonds is 11. The van der Waals surface area contributed by atoms with Crippen molar-refractivity contribution in [1.29, 1.82) is 0 Å². The monoisotopic (exact) mass is 809 g/mol. The van der Waals surface area contributed by atoms with Crippen LogP contribution in [0, 0.1) is 0 Å². The van der Waals surface area contributed by atoms with Crippen LogP contribution in [0.15, 0.2) is 146 Å². The summed E-state index contributed by atoms with van der Waals surface area (Å²) in [6.07, 6.45) is 5.47. The van der Waals surface area contributed by atoms with Gasteiger partial charge in [0.25, 0.3) is 11.8 Å². The Labute approximate surface area is 352 Å². The third-order valence-corrected chi connectivity index (χ3v) is 11.7. The van der Waals surface area contributed by atoms with E-state index in [0.717, 1.165) is 65.1 Å². The molecule has 7 aromatic rings. The second-order valence-electron chi connectivity index (χ2n) is 15.4. The number of H-pyrrole nitrogens is 2. The number of imidazole rings is 2. The number of nitrogens with zero attached hydrogens (tertiary/aromatic N) is 4. The van der Waals surface area contributed by atoms with Crippen LogP contribution in [-0.2, 0) is 4.79 Å². The fraction of sp³-hybridized carbons (Fsp3) is 0.184. The van der Waals surface area contributed by atoms with Gasteiger partial charge in [0.05, 0.1) is 35.9 Å². The second-order valence-corrected chi connectivity index (χ2v) is 15.4. The van der Waals surface area contributed by atoms with Gasteiger partial charge in [-0.15, -0.1) is 0 Å². The number of likely N-dealkylation sites (tertiary alicyclic amines) is 2. The first-order valence-electron chi connectivity index (χ1n) is 20.5. The Morgan fingerprint density at radius 2 is 1.08 bits per heavy atom. The molecule has 304 valence electrons. The number of hydrogen-bond acceptors (Lipinski definition) is 6. The molecule has 4 heterocycles. The molecule has 0 saturated carbocycles. The van der Waals surface area contributed by atoms with E-state index in [0.29, 0.717) is 41.2 Å². The number of nitrogens with one attached hydrogen (secondary N) is 3. The zero-order chi connectivity index (χ0) is 41.9. The number of amides is 3. The summed E-state index contributed by atoms with van der Waals surface area (Å²) < 4.78 is 0. The first kappa shape index (κ1) is 38.9. The van der Waals surface area contributed by atoms with Gasteiger partial charge >= 0.3 is 6.09 Å². The van der Waals surface area contributed by atoms with Gasteiger partial charge in [-0.25, -0.2) is 14.8 Å². The van der Waals surface area contributed by atoms with Crippen molar-refractivity contribution < 1.29 is 24.3 Å². The van der Waals surface area contributed by atoms with Crippen molar-refractivity contribution in [3.63, 3.8) is 0 Å². The molecule has 2 saturated heterocycles. The van der Waals surface area contributed by atoms with Crippen LogP contribution < -0.4 is 5.32 Å². The summed E-state index contributed by atoms with van der Waals surface area (Å²) in [5.41, 5.74) is 7.82. The normalized spacial score (nSPS) is 16.7. The molecule has 0 radical (unpaired) electrons. The van der Waals surface area contributed by atoms with Gasteiger partial charge in [-0.3, -0.25) is 14.4 Å². The number of benzene rings is 5. The number of ketones is 1. The van der Waals surface area contributed by atoms with Gasteiger partial charge in [-0.05, 0) is 65.6 Å². The Kier molecular flexibility index (Phi) is 10.8. The van der Waals surface area contributed by atoms with Gasteiger partial charge in [0.2, 0.25) is 0 Å². The SMILES string of the molecule is O=C(O)N[C@@H](C(=O)N1CCC[C@H]1c1ncc(-c2ccc(-c3ccc(-c4cnc([C@@H]5CCCN5C(=O)c5cccc(C(=O)c6ccccc6)c5)[nH]4)cc3)cc2)[nH]1)c1ccccc1. The summed E-state index contributed by atoms with van der Waals surface area (Å²) in [5.74, 6) is 0.856. The molecule has 0 aliphatic carbocycles. The van der Waals surface area contributed by atoms with E-state index < -0.39 is 12.1 Å². The third kappa shape index (κ3) is 8.07. The Hall–Kier alpha value is -7.60. The third-order valence-electron chi connectivity index (χ3n) is 11.7. The van der Waals surface area contributed by atoms with E-state index in [9.17, 15) is 24.3 Å². The molecule has 2 aromatic heterocycles. The average molecular weight is 810 g/mol. The number of carbonyl (C=O) groups is 4. The lowest BCUT2D eigenvalue weighted by Gasteiger charge is -2.28. The van der Waals surface area contributed by atoms with E-state index in [1.54, 1.807) is 71.8 Å². The molecule has 5 aromatic carbocycles. The first-order valence-corrected chi connectivity index (χ1v) is 20.5. The predicted octanol–water partition coefficient (Wildman–Crippen LogP) is 9.01. The van der Waals surface area contributed by atoms with Crippen LogP contribution in [0.1, 0.15) is 87.3 Å². The van der Waals surface area contributed by atoms with Crippen LogP contribution in [-0.4, -0.2) is 71.6 Å². The molecule has 4 N–H and O–H groups in total. The maximum Gasteiger partial charge on any atom is 0.405 e. The standard InChI is InChI=1S/C49H43N7O5/c57-44(36-12-5-2-6-13-36)37-14-7-15-38(28-37)47(58)55-26-8-16-41(55)45-50-29-39(52-45)33-22-18-31(19-23-33)32-20-24-34(25-21-32)40-30-51-46(53-40)42-17-9-27-56(42)48(59)43(54-49(60)61)35-10-3-1-4-11-35/h1-7,10-15,18-25,28-30,41-43,54H,8-9,16-17,26-27H2,(H,50,52)(H,51,53)(H,60,61)/t41-,42-,43+/m0/s1. The van der Waals surface area contributed by atoms with Gasteiger partial charge < -0.3 is 30.2 Å². The summed E-state index contributed by atoms with van der Waals surface area (Å²) in [4.78, 5) is 72.1. The minimum absolute atomic E-state index is 0.118. The molecule has 9 rings (SSSR count). The zero-order valence-electron chi connectivity index (χ0n) is 33.2. The van der Waals surface area contributed by atoms with E-state index in [4.69, 9.17) is 4.98 Å². The highest BCUT2D eigenvalue weighted by Gasteiger charge is 2.37. The van der Waals surface area contributed by atoms with Crippen molar-refractivity contribution in [2.45, 2.75) is 43.8 Å². The summed E-state index contributed by atoms with van der Waals surface area (Å²) in [6, 6.07) is 39.9. The van der Waals surface area contributed by atoms with Crippen LogP contribution in [0.2, 0.25) is 0 Å². The Morgan fingerprint density at radius 3 is 1.66 bits per heavy atom. The van der Waals surface area contributed by atoms with Gasteiger partial charge in [-0.1, -0.05) is 121 Å². The van der Waals surface area contributed by atoms with Crippen LogP contribution in [0.3, 0.4) is 0 Å². The molecular formula is C49H43N7O5. The fourth-order valence-electron chi connectivity index (χ4n) is 8.54. The molecule has 61 heavy (non-hydrogen) atoms. The summed E-state index contributed by atoms with van der Waals surface area (Å²) in [7, 11) is 0. The van der Waals surface area contributed by atoms with Crippen molar-refractivity contribution in [3.05, 3.63) is 180 Å². The Bertz CT molecular complexity index is 2690. The van der Waals surface area contributed by atoms with E-state index in [-0.39, 0.29) is 29.7 Å². The van der Waals surface area contributed by atoms with Crippen molar-refractivity contribution >= 4 is 23.7 Å². The topological polar surface area (TPSA) is 164 Å². The predicted molar refractivity (Wildman–Crippen MR) is 230 cm³/mol. The molecule has 12 heteroatoms. The van der Waals surface area contributed by atoms with E-state index in [1.165, 1.54) is 0 Å². The van der Waals surface area contributed by atoms with Gasteiger partial charge in [0.15, 0.2) is 5.78 Å². The first-order chi connectivity index (χ1) is 29.8. The molecule has 0 unspecified atom stereocenters. The number of carboxylic acid groups (broad SMARTS) is 1. The smallest absolute Gasteiger partial charge is 0.405 e. The minimum Gasteiger partial charge on any atom is -0.465 e. The highest BCUT2D eigenvalue weighted by Crippen LogP contribution is 2.36. The highest BCUT2D eigenvalue weighted by molar-refractivity contribution is 6.10. The van der Waals surface area contributed by atoms with Gasteiger partial charge in [0.1, 0.15) is 17.7 Å². The lowest BCUT2D eigenvalue weighted by atomic mass is 10.0. The lowest BCUT2D eigenvalue weighted by Crippen LogP contribution is -2.42. The van der Waals surface area contributed by atoms with Gasteiger partial charge in [0, 0.05) is 29.8 Å². The molecule has 3 amide bonds. The molecule has 0 bridgehead atoms. The molecule has 0 spiro atoms. The highest BCUT2D eigenvalue weighted by atomic mass is 16.4. The summed E-state index contributed by atoms with van der Waals surface area (Å²) >= 11 is 0. The van der Waals surface area contributed by atoms with Crippen LogP contribution in [0.4, 0.5) is 4.79 Å². The molecule has 2 aliphatic rings. The van der Waals surface area contributed by atoms with Crippen molar-refractivity contribution in [2.24, 2.45) is 0 Å². The number of aromatic amines is 2. The molecule has 2 fully saturated rings. The van der Waals surface area contributed by atoms with Crippen molar-refractivity contribution in [1.82, 2.24) is 35.1 Å². The number of carbonyl (C=O) groups excluding carboxylic acids is 3. The largest absolute Gasteiger partial charge is 0.465 e. The van der Waals surface area contributed by atoms with Crippen LogP contribution >= 0.6 is 0 Å². The second kappa shape index (κ2) is 16.9. The summed E-state index contributed by atoms with van der Waals surface area (Å²) in [6.45, 7) is 1.12. The number of aromatic nitrogens is 4. The molecular weight excluding hydrogens is 767 g/mol. The molecule has 3 atom stereocenters. The quantitative estimate of drug-likeness (QED) is 0.0948. The zero-order valence-corrected chi connectivity index (χ0v) is 33.2. The maximum atomic E-state index is 13.8. The molecule has 12 nitrogen and oxygen atoms in total. The van der Waals surface area contributed by atoms with E-state index in [2.05, 4.69) is 56.7 Å². The minimum atomic E-state index is -1.26. The maximum absolute atomic E-state index is 13.8. The fourth-order valence-corrected chi connectivity index (χ4v) is 8.54. The van der Waals surface area contributed by atoms with E-state index >= 15 is 0 Å².